The number of carbonyl (C=O) groups is 2. The first kappa shape index (κ1) is 19.5. The van der Waals surface area contributed by atoms with E-state index in [2.05, 4.69) is 0 Å². The van der Waals surface area contributed by atoms with Gasteiger partial charge >= 0.3 is 0 Å². The van der Waals surface area contributed by atoms with Crippen LogP contribution in [-0.2, 0) is 19.4 Å². The molecular weight excluding hydrogens is 399 g/mol. The van der Waals surface area contributed by atoms with Gasteiger partial charge in [-0.05, 0) is 55.2 Å². The van der Waals surface area contributed by atoms with Gasteiger partial charge in [0.2, 0.25) is 0 Å². The molecular formula is C24H21FN2O4. The number of rotatable bonds is 2. The summed E-state index contributed by atoms with van der Waals surface area (Å²) in [6.45, 7) is 2.51. The van der Waals surface area contributed by atoms with Crippen LogP contribution in [0.5, 0.6) is 0 Å². The standard InChI is InChI=1S/C24H21FN2O4/c1-14-22(23-19(28)3-2-4-20(23)31-14)24(30)26-10-9-15-11-21(29)27(13-16(15)12-26)18-7-5-17(25)6-8-18/h5-8,11,13H,2-4,9-10,12H2,1H3. The second-order valence-corrected chi connectivity index (χ2v) is 8.09. The molecule has 0 bridgehead atoms. The van der Waals surface area contributed by atoms with Crippen LogP contribution in [0.4, 0.5) is 4.39 Å². The van der Waals surface area contributed by atoms with Crippen molar-refractivity contribution in [2.45, 2.75) is 39.2 Å². The number of hydrogen-bond donors (Lipinski definition) is 0. The molecule has 2 aliphatic rings. The smallest absolute Gasteiger partial charge is 0.258 e. The zero-order chi connectivity index (χ0) is 21.7. The van der Waals surface area contributed by atoms with Crippen LogP contribution in [-0.4, -0.2) is 27.7 Å². The maximum atomic E-state index is 13.4. The molecule has 1 aliphatic carbocycles. The summed E-state index contributed by atoms with van der Waals surface area (Å²) in [6, 6.07) is 7.27. The fraction of sp³-hybridized carbons (Fsp3) is 0.292. The van der Waals surface area contributed by atoms with E-state index in [4.69, 9.17) is 4.42 Å². The highest BCUT2D eigenvalue weighted by molar-refractivity contribution is 6.10. The Morgan fingerprint density at radius 3 is 2.61 bits per heavy atom. The molecule has 7 heteroatoms. The fourth-order valence-corrected chi connectivity index (χ4v) is 4.53. The molecule has 1 aliphatic heterocycles. The normalized spacial score (nSPS) is 15.5. The lowest BCUT2D eigenvalue weighted by Gasteiger charge is -2.29. The van der Waals surface area contributed by atoms with Crippen molar-refractivity contribution in [1.29, 1.82) is 0 Å². The van der Waals surface area contributed by atoms with Gasteiger partial charge in [-0.1, -0.05) is 0 Å². The first-order valence-electron chi connectivity index (χ1n) is 10.4. The van der Waals surface area contributed by atoms with Crippen LogP contribution in [0, 0.1) is 12.7 Å². The average molecular weight is 420 g/mol. The minimum atomic E-state index is -0.375. The molecule has 0 unspecified atom stereocenters. The molecule has 1 amide bonds. The number of pyridine rings is 1. The molecule has 0 atom stereocenters. The van der Waals surface area contributed by atoms with Crippen molar-refractivity contribution < 1.29 is 18.4 Å². The first-order valence-corrected chi connectivity index (χ1v) is 10.4. The van der Waals surface area contributed by atoms with Crippen molar-refractivity contribution in [2.24, 2.45) is 0 Å². The van der Waals surface area contributed by atoms with Crippen LogP contribution in [0.1, 0.15) is 56.2 Å². The third-order valence-corrected chi connectivity index (χ3v) is 6.09. The van der Waals surface area contributed by atoms with Crippen LogP contribution in [0.3, 0.4) is 0 Å². The van der Waals surface area contributed by atoms with Gasteiger partial charge in [0.1, 0.15) is 17.3 Å². The number of benzene rings is 1. The zero-order valence-electron chi connectivity index (χ0n) is 17.1. The van der Waals surface area contributed by atoms with Crippen LogP contribution in [0.2, 0.25) is 0 Å². The summed E-state index contributed by atoms with van der Waals surface area (Å²) in [5.74, 6) is 0.457. The van der Waals surface area contributed by atoms with Gasteiger partial charge in [0.05, 0.1) is 11.1 Å². The molecule has 31 heavy (non-hydrogen) atoms. The molecule has 0 saturated heterocycles. The van der Waals surface area contributed by atoms with Crippen molar-refractivity contribution in [3.8, 4) is 5.69 Å². The number of halogens is 1. The number of nitrogens with zero attached hydrogens (tertiary/aromatic N) is 2. The molecule has 3 heterocycles. The molecule has 0 N–H and O–H groups in total. The number of carbonyl (C=O) groups excluding carboxylic acids is 2. The van der Waals surface area contributed by atoms with Crippen LogP contribution in [0.25, 0.3) is 5.69 Å². The molecule has 3 aromatic rings. The molecule has 2 aromatic heterocycles. The van der Waals surface area contributed by atoms with E-state index in [1.807, 2.05) is 0 Å². The van der Waals surface area contributed by atoms with Crippen LogP contribution in [0.15, 0.2) is 45.7 Å². The van der Waals surface area contributed by atoms with E-state index in [1.54, 1.807) is 36.2 Å². The number of aryl methyl sites for hydroxylation is 2. The van der Waals surface area contributed by atoms with E-state index in [9.17, 15) is 18.8 Å². The lowest BCUT2D eigenvalue weighted by molar-refractivity contribution is 0.0727. The third kappa shape index (κ3) is 3.30. The van der Waals surface area contributed by atoms with Gasteiger partial charge in [-0.3, -0.25) is 19.0 Å². The van der Waals surface area contributed by atoms with Gasteiger partial charge in [0, 0.05) is 43.9 Å². The van der Waals surface area contributed by atoms with Gasteiger partial charge in [0.15, 0.2) is 5.78 Å². The Bertz CT molecular complexity index is 1270. The van der Waals surface area contributed by atoms with Crippen LogP contribution >= 0.6 is 0 Å². The van der Waals surface area contributed by atoms with Crippen molar-refractivity contribution in [2.75, 3.05) is 6.54 Å². The molecule has 0 fully saturated rings. The summed E-state index contributed by atoms with van der Waals surface area (Å²) in [5.41, 5.74) is 2.92. The summed E-state index contributed by atoms with van der Waals surface area (Å²) >= 11 is 0. The zero-order valence-corrected chi connectivity index (χ0v) is 17.1. The maximum Gasteiger partial charge on any atom is 0.258 e. The Morgan fingerprint density at radius 2 is 1.84 bits per heavy atom. The highest BCUT2D eigenvalue weighted by Gasteiger charge is 2.33. The van der Waals surface area contributed by atoms with Gasteiger partial charge in [-0.2, -0.15) is 0 Å². The van der Waals surface area contributed by atoms with Gasteiger partial charge in [0.25, 0.3) is 11.5 Å². The highest BCUT2D eigenvalue weighted by atomic mass is 19.1. The quantitative estimate of drug-likeness (QED) is 0.635. The molecule has 1 aromatic carbocycles. The number of aromatic nitrogens is 1. The lowest BCUT2D eigenvalue weighted by atomic mass is 9.92. The third-order valence-electron chi connectivity index (χ3n) is 6.09. The Morgan fingerprint density at radius 1 is 1.06 bits per heavy atom. The first-order chi connectivity index (χ1) is 14.9. The van der Waals surface area contributed by atoms with Crippen LogP contribution < -0.4 is 5.56 Å². The van der Waals surface area contributed by atoms with Crippen molar-refractivity contribution >= 4 is 11.7 Å². The monoisotopic (exact) mass is 420 g/mol. The molecule has 0 spiro atoms. The Labute approximate surface area is 177 Å². The average Bonchev–Trinajstić information content (AvgIpc) is 3.10. The van der Waals surface area contributed by atoms with Gasteiger partial charge in [-0.25, -0.2) is 4.39 Å². The number of Topliss-reactive ketones (excluding diaryl/α,β-unsaturated/α-hetero) is 1. The van der Waals surface area contributed by atoms with E-state index < -0.39 is 0 Å². The summed E-state index contributed by atoms with van der Waals surface area (Å²) in [7, 11) is 0. The minimum absolute atomic E-state index is 0.0380. The summed E-state index contributed by atoms with van der Waals surface area (Å²) in [5, 5.41) is 0. The maximum absolute atomic E-state index is 13.4. The van der Waals surface area contributed by atoms with E-state index in [0.717, 1.165) is 17.5 Å². The lowest BCUT2D eigenvalue weighted by Crippen LogP contribution is -2.38. The van der Waals surface area contributed by atoms with Crippen molar-refractivity contribution in [3.63, 3.8) is 0 Å². The molecule has 6 nitrogen and oxygen atoms in total. The SMILES string of the molecule is Cc1oc2c(c1C(=O)N1CCc3cc(=O)n(-c4ccc(F)cc4)cc3C1)C(=O)CCC2. The van der Waals surface area contributed by atoms with E-state index >= 15 is 0 Å². The number of amides is 1. The second kappa shape index (κ2) is 7.34. The van der Waals surface area contributed by atoms with E-state index in [-0.39, 0.29) is 23.1 Å². The fourth-order valence-electron chi connectivity index (χ4n) is 4.53. The number of furan rings is 1. The Balaban J connectivity index is 1.49. The largest absolute Gasteiger partial charge is 0.465 e. The Hall–Kier alpha value is -3.48. The minimum Gasteiger partial charge on any atom is -0.465 e. The topological polar surface area (TPSA) is 72.5 Å². The molecule has 5 rings (SSSR count). The number of hydrogen-bond acceptors (Lipinski definition) is 4. The number of fused-ring (bicyclic) bond motifs is 2. The van der Waals surface area contributed by atoms with Gasteiger partial charge in [-0.15, -0.1) is 0 Å². The van der Waals surface area contributed by atoms with E-state index in [1.165, 1.54) is 16.7 Å². The predicted octanol–water partition coefficient (Wildman–Crippen LogP) is 3.60. The molecule has 0 radical (unpaired) electrons. The second-order valence-electron chi connectivity index (χ2n) is 8.09. The Kier molecular flexibility index (Phi) is 4.61. The van der Waals surface area contributed by atoms with Crippen molar-refractivity contribution in [3.05, 3.63) is 86.5 Å². The number of ketones is 1. The highest BCUT2D eigenvalue weighted by Crippen LogP contribution is 2.31. The summed E-state index contributed by atoms with van der Waals surface area (Å²) in [4.78, 5) is 40.1. The predicted molar refractivity (Wildman–Crippen MR) is 111 cm³/mol. The van der Waals surface area contributed by atoms with Crippen molar-refractivity contribution in [1.82, 2.24) is 9.47 Å². The van der Waals surface area contributed by atoms with Gasteiger partial charge < -0.3 is 9.32 Å². The van der Waals surface area contributed by atoms with E-state index in [0.29, 0.717) is 60.7 Å². The summed E-state index contributed by atoms with van der Waals surface area (Å²) < 4.78 is 20.5. The summed E-state index contributed by atoms with van der Waals surface area (Å²) in [6.07, 6.45) is 4.10. The molecule has 0 saturated carbocycles. The molecule has 158 valence electrons.